The van der Waals surface area contributed by atoms with Crippen LogP contribution in [0.15, 0.2) is 54.0 Å². The number of benzene rings is 1. The van der Waals surface area contributed by atoms with Crippen molar-refractivity contribution in [3.05, 3.63) is 59.7 Å². The van der Waals surface area contributed by atoms with Crippen LogP contribution in [0.3, 0.4) is 0 Å². The molecule has 0 aliphatic carbocycles. The number of fused-ring (bicyclic) bond motifs is 1. The van der Waals surface area contributed by atoms with E-state index in [4.69, 9.17) is 4.74 Å². The Morgan fingerprint density at radius 2 is 2.12 bits per heavy atom. The second-order valence-electron chi connectivity index (χ2n) is 5.78. The Morgan fingerprint density at radius 1 is 1.28 bits per heavy atom. The highest BCUT2D eigenvalue weighted by Gasteiger charge is 2.30. The van der Waals surface area contributed by atoms with Crippen molar-refractivity contribution in [3.8, 4) is 16.5 Å². The van der Waals surface area contributed by atoms with E-state index in [9.17, 15) is 4.79 Å². The van der Waals surface area contributed by atoms with Gasteiger partial charge in [0.15, 0.2) is 0 Å². The molecular formula is C19H17N3O2S. The summed E-state index contributed by atoms with van der Waals surface area (Å²) in [6.07, 6.45) is 2.56. The summed E-state index contributed by atoms with van der Waals surface area (Å²) in [5.41, 5.74) is 2.02. The van der Waals surface area contributed by atoms with Crippen molar-refractivity contribution in [1.82, 2.24) is 9.97 Å². The Labute approximate surface area is 149 Å². The first-order valence-electron chi connectivity index (χ1n) is 8.20. The van der Waals surface area contributed by atoms with Crippen LogP contribution < -0.4 is 9.64 Å². The van der Waals surface area contributed by atoms with Gasteiger partial charge in [-0.15, -0.1) is 11.3 Å². The summed E-state index contributed by atoms with van der Waals surface area (Å²) < 4.78 is 5.95. The molecule has 5 nitrogen and oxygen atoms in total. The van der Waals surface area contributed by atoms with Gasteiger partial charge >= 0.3 is 0 Å². The van der Waals surface area contributed by atoms with E-state index in [1.165, 1.54) is 11.3 Å². The minimum absolute atomic E-state index is 0.00672. The van der Waals surface area contributed by atoms with Gasteiger partial charge in [-0.05, 0) is 30.7 Å². The molecule has 0 N–H and O–H groups in total. The Kier molecular flexibility index (Phi) is 4.19. The predicted octanol–water partition coefficient (Wildman–Crippen LogP) is 4.02. The maximum atomic E-state index is 13.1. The molecule has 1 aliphatic heterocycles. The number of nitrogens with zero attached hydrogens (tertiary/aromatic N) is 3. The Balaban J connectivity index is 1.66. The van der Waals surface area contributed by atoms with Crippen LogP contribution in [0.25, 0.3) is 10.7 Å². The van der Waals surface area contributed by atoms with Gasteiger partial charge in [-0.1, -0.05) is 25.1 Å². The highest BCUT2D eigenvalue weighted by molar-refractivity contribution is 7.13. The van der Waals surface area contributed by atoms with Crippen LogP contribution in [0.5, 0.6) is 5.75 Å². The molecule has 4 rings (SSSR count). The number of carbonyl (C=O) groups excluding carboxylic acids is 1. The van der Waals surface area contributed by atoms with Crippen molar-refractivity contribution in [2.24, 2.45) is 0 Å². The lowest BCUT2D eigenvalue weighted by Crippen LogP contribution is -2.43. The van der Waals surface area contributed by atoms with E-state index in [1.54, 1.807) is 16.5 Å². The van der Waals surface area contributed by atoms with Gasteiger partial charge in [-0.25, -0.2) is 4.98 Å². The Hall–Kier alpha value is -2.73. The molecule has 3 aromatic rings. The summed E-state index contributed by atoms with van der Waals surface area (Å²) in [6, 6.07) is 13.3. The Morgan fingerprint density at radius 3 is 2.92 bits per heavy atom. The first-order chi connectivity index (χ1) is 12.3. The van der Waals surface area contributed by atoms with Crippen molar-refractivity contribution in [3.63, 3.8) is 0 Å². The van der Waals surface area contributed by atoms with Crippen molar-refractivity contribution in [2.75, 3.05) is 11.4 Å². The zero-order valence-corrected chi connectivity index (χ0v) is 14.6. The summed E-state index contributed by atoms with van der Waals surface area (Å²) in [7, 11) is 0. The topological polar surface area (TPSA) is 55.3 Å². The van der Waals surface area contributed by atoms with Crippen LogP contribution in [-0.2, 0) is 0 Å². The van der Waals surface area contributed by atoms with Gasteiger partial charge in [0.2, 0.25) is 0 Å². The number of para-hydroxylation sites is 2. The highest BCUT2D eigenvalue weighted by Crippen LogP contribution is 2.35. The predicted molar refractivity (Wildman–Crippen MR) is 98.2 cm³/mol. The number of aromatic nitrogens is 2. The zero-order valence-electron chi connectivity index (χ0n) is 13.8. The van der Waals surface area contributed by atoms with Crippen molar-refractivity contribution < 1.29 is 9.53 Å². The van der Waals surface area contributed by atoms with E-state index in [0.29, 0.717) is 12.2 Å². The molecule has 0 saturated heterocycles. The van der Waals surface area contributed by atoms with E-state index in [-0.39, 0.29) is 12.0 Å². The molecule has 2 aromatic heterocycles. The van der Waals surface area contributed by atoms with Crippen LogP contribution in [0, 0.1) is 0 Å². The third-order valence-electron chi connectivity index (χ3n) is 4.14. The average Bonchev–Trinajstić information content (AvgIpc) is 3.17. The lowest BCUT2D eigenvalue weighted by Gasteiger charge is -2.34. The van der Waals surface area contributed by atoms with Crippen LogP contribution in [0.4, 0.5) is 5.69 Å². The standard InChI is InChI=1S/C19H17N3O2S/c1-2-13-11-22(16-8-3-4-9-17(16)24-13)19(23)15-12-25-18(21-15)14-7-5-6-10-20-14/h3-10,12-13H,2,11H2,1H3/t13-/m1/s1. The molecule has 0 radical (unpaired) electrons. The fourth-order valence-corrected chi connectivity index (χ4v) is 3.59. The normalized spacial score (nSPS) is 16.2. The SMILES string of the molecule is CC[C@@H]1CN(C(=O)c2csc(-c3ccccn3)n2)c2ccccc2O1. The minimum atomic E-state index is -0.104. The van der Waals surface area contributed by atoms with Gasteiger partial charge in [0, 0.05) is 11.6 Å². The monoisotopic (exact) mass is 351 g/mol. The fourth-order valence-electron chi connectivity index (χ4n) is 2.82. The van der Waals surface area contributed by atoms with E-state index < -0.39 is 0 Å². The summed E-state index contributed by atoms with van der Waals surface area (Å²) in [4.78, 5) is 23.6. The molecule has 1 aromatic carbocycles. The molecule has 1 aliphatic rings. The summed E-state index contributed by atoms with van der Waals surface area (Å²) in [6.45, 7) is 2.59. The molecule has 0 saturated carbocycles. The first-order valence-corrected chi connectivity index (χ1v) is 9.08. The molecule has 1 amide bonds. The lowest BCUT2D eigenvalue weighted by atomic mass is 10.1. The van der Waals surface area contributed by atoms with Gasteiger partial charge in [0.25, 0.3) is 5.91 Å². The molecule has 0 spiro atoms. The van der Waals surface area contributed by atoms with Crippen molar-refractivity contribution >= 4 is 22.9 Å². The third kappa shape index (κ3) is 3.00. The smallest absolute Gasteiger partial charge is 0.278 e. The molecule has 0 fully saturated rings. The molecule has 3 heterocycles. The van der Waals surface area contributed by atoms with E-state index in [2.05, 4.69) is 16.9 Å². The summed E-state index contributed by atoms with van der Waals surface area (Å²) >= 11 is 1.43. The average molecular weight is 351 g/mol. The van der Waals surface area contributed by atoms with Crippen molar-refractivity contribution in [1.29, 1.82) is 0 Å². The minimum Gasteiger partial charge on any atom is -0.486 e. The summed E-state index contributed by atoms with van der Waals surface area (Å²) in [5, 5.41) is 2.54. The molecule has 0 bridgehead atoms. The van der Waals surface area contributed by atoms with Crippen molar-refractivity contribution in [2.45, 2.75) is 19.4 Å². The first kappa shape index (κ1) is 15.8. The summed E-state index contributed by atoms with van der Waals surface area (Å²) in [5.74, 6) is 0.641. The van der Waals surface area contributed by atoms with Crippen LogP contribution in [0.2, 0.25) is 0 Å². The third-order valence-corrected chi connectivity index (χ3v) is 5.01. The maximum absolute atomic E-state index is 13.1. The number of hydrogen-bond acceptors (Lipinski definition) is 5. The quantitative estimate of drug-likeness (QED) is 0.715. The number of carbonyl (C=O) groups is 1. The highest BCUT2D eigenvalue weighted by atomic mass is 32.1. The van der Waals surface area contributed by atoms with Gasteiger partial charge in [-0.2, -0.15) is 0 Å². The van der Waals surface area contributed by atoms with E-state index in [0.717, 1.165) is 28.6 Å². The molecule has 1 atom stereocenters. The van der Waals surface area contributed by atoms with Gasteiger partial charge in [0.1, 0.15) is 22.6 Å². The van der Waals surface area contributed by atoms with E-state index >= 15 is 0 Å². The maximum Gasteiger partial charge on any atom is 0.278 e. The second kappa shape index (κ2) is 6.64. The molecule has 6 heteroatoms. The second-order valence-corrected chi connectivity index (χ2v) is 6.64. The largest absolute Gasteiger partial charge is 0.486 e. The number of amides is 1. The number of hydrogen-bond donors (Lipinski definition) is 0. The molecule has 126 valence electrons. The van der Waals surface area contributed by atoms with Gasteiger partial charge < -0.3 is 4.74 Å². The lowest BCUT2D eigenvalue weighted by molar-refractivity contribution is 0.0950. The molecular weight excluding hydrogens is 334 g/mol. The van der Waals surface area contributed by atoms with Gasteiger partial charge in [0.05, 0.1) is 17.9 Å². The van der Waals surface area contributed by atoms with E-state index in [1.807, 2.05) is 42.5 Å². The Bertz CT molecular complexity index is 894. The zero-order chi connectivity index (χ0) is 17.2. The number of thiazole rings is 1. The molecule has 0 unspecified atom stereocenters. The number of anilines is 1. The van der Waals surface area contributed by atoms with Crippen LogP contribution in [0.1, 0.15) is 23.8 Å². The van der Waals surface area contributed by atoms with Crippen LogP contribution in [-0.4, -0.2) is 28.5 Å². The number of rotatable bonds is 3. The fraction of sp³-hybridized carbons (Fsp3) is 0.211. The van der Waals surface area contributed by atoms with Crippen LogP contribution >= 0.6 is 11.3 Å². The van der Waals surface area contributed by atoms with Gasteiger partial charge in [-0.3, -0.25) is 14.7 Å². The number of ether oxygens (including phenoxy) is 1. The molecule has 25 heavy (non-hydrogen) atoms. The number of pyridine rings is 1.